The van der Waals surface area contributed by atoms with E-state index in [1.807, 2.05) is 6.07 Å². The van der Waals surface area contributed by atoms with Crippen LogP contribution in [0.4, 0.5) is 20.2 Å². The molecule has 0 aromatic heterocycles. The van der Waals surface area contributed by atoms with E-state index >= 15 is 0 Å². The lowest BCUT2D eigenvalue weighted by atomic mass is 9.69. The summed E-state index contributed by atoms with van der Waals surface area (Å²) in [6, 6.07) is 5.68. The van der Waals surface area contributed by atoms with E-state index in [2.05, 4.69) is 5.32 Å². The van der Waals surface area contributed by atoms with Gasteiger partial charge in [0.1, 0.15) is 5.69 Å². The average molecular weight is 367 g/mol. The molecule has 1 aliphatic heterocycles. The summed E-state index contributed by atoms with van der Waals surface area (Å²) in [5, 5.41) is 22.9. The highest BCUT2D eigenvalue weighted by molar-refractivity contribution is 5.64. The molecule has 3 rings (SSSR count). The average Bonchev–Trinajstić information content (AvgIpc) is 3.05. The molecule has 1 saturated carbocycles. The number of anilines is 1. The number of nitro benzene ring substituents is 1. The Morgan fingerprint density at radius 2 is 2.04 bits per heavy atom. The quantitative estimate of drug-likeness (QED) is 0.647. The minimum Gasteiger partial charge on any atom is -0.379 e. The van der Waals surface area contributed by atoms with Gasteiger partial charge in [-0.2, -0.15) is 5.26 Å². The fourth-order valence-corrected chi connectivity index (χ4v) is 3.59. The van der Waals surface area contributed by atoms with Gasteiger partial charge in [-0.15, -0.1) is 0 Å². The van der Waals surface area contributed by atoms with Crippen LogP contribution in [0.1, 0.15) is 31.7 Å². The number of rotatable bonds is 4. The molecule has 1 heterocycles. The van der Waals surface area contributed by atoms with Crippen LogP contribution in [-0.4, -0.2) is 36.4 Å². The molecule has 9 heteroatoms. The number of halogens is 2. The third-order valence-corrected chi connectivity index (χ3v) is 5.17. The summed E-state index contributed by atoms with van der Waals surface area (Å²) in [7, 11) is 0. The zero-order valence-electron chi connectivity index (χ0n) is 14.3. The summed E-state index contributed by atoms with van der Waals surface area (Å²) in [4.78, 5) is 10.6. The highest BCUT2D eigenvalue weighted by Crippen LogP contribution is 2.53. The van der Waals surface area contributed by atoms with Crippen molar-refractivity contribution in [3.8, 4) is 6.07 Å². The third-order valence-electron chi connectivity index (χ3n) is 5.17. The van der Waals surface area contributed by atoms with Gasteiger partial charge < -0.3 is 14.8 Å². The van der Waals surface area contributed by atoms with Crippen molar-refractivity contribution in [3.05, 3.63) is 33.9 Å². The van der Waals surface area contributed by atoms with Crippen LogP contribution in [0.15, 0.2) is 18.2 Å². The van der Waals surface area contributed by atoms with Crippen molar-refractivity contribution in [3.63, 3.8) is 0 Å². The molecular weight excluding hydrogens is 348 g/mol. The Morgan fingerprint density at radius 1 is 1.35 bits per heavy atom. The normalized spacial score (nSPS) is 26.4. The molecule has 2 fully saturated rings. The van der Waals surface area contributed by atoms with Crippen LogP contribution in [-0.2, 0) is 9.47 Å². The van der Waals surface area contributed by atoms with Crippen LogP contribution in [0.3, 0.4) is 0 Å². The summed E-state index contributed by atoms with van der Waals surface area (Å²) in [6.45, 7) is 1.94. The molecule has 26 heavy (non-hydrogen) atoms. The van der Waals surface area contributed by atoms with Gasteiger partial charge >= 0.3 is 0 Å². The highest BCUT2D eigenvalue weighted by Gasteiger charge is 2.60. The number of benzene rings is 1. The second-order valence-electron chi connectivity index (χ2n) is 7.00. The molecule has 0 unspecified atom stereocenters. The predicted octanol–water partition coefficient (Wildman–Crippen LogP) is 3.45. The van der Waals surface area contributed by atoms with Gasteiger partial charge in [-0.1, -0.05) is 6.92 Å². The fraction of sp³-hybridized carbons (Fsp3) is 0.588. The number of hydrogen-bond donors (Lipinski definition) is 1. The van der Waals surface area contributed by atoms with Crippen molar-refractivity contribution in [2.75, 3.05) is 25.1 Å². The summed E-state index contributed by atoms with van der Waals surface area (Å²) >= 11 is 0. The number of nitro groups is 1. The SMILES string of the molecule is C[C@@]1(CNc2cc(C#N)ccc2[N+](=O)[O-])CC2(CCC1(F)F)OCCO2. The summed E-state index contributed by atoms with van der Waals surface area (Å²) in [5.74, 6) is -4.00. The maximum Gasteiger partial charge on any atom is 0.292 e. The van der Waals surface area contributed by atoms with Gasteiger partial charge in [-0.25, -0.2) is 8.78 Å². The molecule has 0 radical (unpaired) electrons. The van der Waals surface area contributed by atoms with Crippen molar-refractivity contribution in [2.45, 2.75) is 37.9 Å². The fourth-order valence-electron chi connectivity index (χ4n) is 3.59. The number of ether oxygens (including phenoxy) is 2. The molecule has 7 nitrogen and oxygen atoms in total. The van der Waals surface area contributed by atoms with Gasteiger partial charge in [-0.3, -0.25) is 10.1 Å². The second kappa shape index (κ2) is 6.45. The lowest BCUT2D eigenvalue weighted by molar-refractivity contribution is -0.384. The monoisotopic (exact) mass is 367 g/mol. The summed E-state index contributed by atoms with van der Waals surface area (Å²) in [5.41, 5.74) is -1.54. The molecule has 1 atom stereocenters. The highest BCUT2D eigenvalue weighted by atomic mass is 19.3. The molecule has 1 saturated heterocycles. The molecule has 1 aromatic rings. The largest absolute Gasteiger partial charge is 0.379 e. The van der Waals surface area contributed by atoms with Crippen LogP contribution in [0.2, 0.25) is 0 Å². The Bertz CT molecular complexity index is 759. The van der Waals surface area contributed by atoms with E-state index in [0.29, 0.717) is 13.2 Å². The van der Waals surface area contributed by atoms with E-state index in [1.54, 1.807) is 0 Å². The number of hydrogen-bond acceptors (Lipinski definition) is 6. The Hall–Kier alpha value is -2.31. The van der Waals surface area contributed by atoms with E-state index in [1.165, 1.54) is 25.1 Å². The number of nitriles is 1. The van der Waals surface area contributed by atoms with Crippen molar-refractivity contribution >= 4 is 11.4 Å². The van der Waals surface area contributed by atoms with Gasteiger partial charge in [-0.05, 0) is 12.1 Å². The van der Waals surface area contributed by atoms with E-state index in [0.717, 1.165) is 0 Å². The molecule has 0 bridgehead atoms. The molecule has 1 aliphatic carbocycles. The first-order chi connectivity index (χ1) is 12.2. The minimum atomic E-state index is -2.98. The molecule has 1 spiro atoms. The summed E-state index contributed by atoms with van der Waals surface area (Å²) < 4.78 is 40.5. The zero-order valence-corrected chi connectivity index (χ0v) is 14.3. The van der Waals surface area contributed by atoms with Crippen molar-refractivity contribution < 1.29 is 23.2 Å². The van der Waals surface area contributed by atoms with Crippen molar-refractivity contribution in [2.24, 2.45) is 5.41 Å². The zero-order chi connectivity index (χ0) is 19.0. The van der Waals surface area contributed by atoms with Gasteiger partial charge in [0.15, 0.2) is 5.79 Å². The molecule has 0 amide bonds. The third kappa shape index (κ3) is 3.22. The van der Waals surface area contributed by atoms with E-state index in [-0.39, 0.29) is 42.7 Å². The van der Waals surface area contributed by atoms with Crippen LogP contribution in [0, 0.1) is 26.9 Å². The molecule has 2 aliphatic rings. The van der Waals surface area contributed by atoms with E-state index in [9.17, 15) is 18.9 Å². The number of nitrogens with zero attached hydrogens (tertiary/aromatic N) is 2. The molecule has 1 N–H and O–H groups in total. The van der Waals surface area contributed by atoms with E-state index < -0.39 is 22.0 Å². The Labute approximate surface area is 149 Å². The number of alkyl halides is 2. The first-order valence-corrected chi connectivity index (χ1v) is 8.29. The Morgan fingerprint density at radius 3 is 2.65 bits per heavy atom. The maximum absolute atomic E-state index is 14.7. The van der Waals surface area contributed by atoms with Crippen LogP contribution < -0.4 is 5.32 Å². The number of nitrogens with one attached hydrogen (secondary N) is 1. The van der Waals surface area contributed by atoms with Gasteiger partial charge in [0.05, 0.1) is 35.2 Å². The van der Waals surface area contributed by atoms with Crippen LogP contribution >= 0.6 is 0 Å². The van der Waals surface area contributed by atoms with Gasteiger partial charge in [0.2, 0.25) is 0 Å². The first kappa shape index (κ1) is 18.5. The van der Waals surface area contributed by atoms with Crippen LogP contribution in [0.5, 0.6) is 0 Å². The van der Waals surface area contributed by atoms with Gasteiger partial charge in [0.25, 0.3) is 11.6 Å². The smallest absolute Gasteiger partial charge is 0.292 e. The van der Waals surface area contributed by atoms with Crippen molar-refractivity contribution in [1.29, 1.82) is 5.26 Å². The first-order valence-electron chi connectivity index (χ1n) is 8.29. The topological polar surface area (TPSA) is 97.4 Å². The minimum absolute atomic E-state index is 0.0221. The second-order valence-corrected chi connectivity index (χ2v) is 7.00. The predicted molar refractivity (Wildman–Crippen MR) is 87.8 cm³/mol. The molecule has 140 valence electrons. The molecule has 1 aromatic carbocycles. The summed E-state index contributed by atoms with van der Waals surface area (Å²) in [6.07, 6.45) is -0.295. The van der Waals surface area contributed by atoms with Crippen molar-refractivity contribution in [1.82, 2.24) is 0 Å². The van der Waals surface area contributed by atoms with Crippen LogP contribution in [0.25, 0.3) is 0 Å². The van der Waals surface area contributed by atoms with E-state index in [4.69, 9.17) is 14.7 Å². The van der Waals surface area contributed by atoms with Gasteiger partial charge in [0, 0.05) is 31.9 Å². The molecular formula is C17H19F2N3O4. The Kier molecular flexibility index (Phi) is 4.58. The lowest BCUT2D eigenvalue weighted by Crippen LogP contribution is -2.55. The Balaban J connectivity index is 1.85. The maximum atomic E-state index is 14.7. The standard InChI is InChI=1S/C17H19F2N3O4/c1-15(10-16(25-6-7-26-16)4-5-17(15,18)19)11-21-13-8-12(9-20)2-3-14(13)22(23)24/h2-3,8,21H,4-7,10-11H2,1H3/t15-/m0/s1. The lowest BCUT2D eigenvalue weighted by Gasteiger charge is -2.47.